The molecule has 0 bridgehead atoms. The molecule has 0 spiro atoms. The van der Waals surface area contributed by atoms with Crippen LogP contribution in [0, 0.1) is 6.92 Å². The highest BCUT2D eigenvalue weighted by Crippen LogP contribution is 2.22. The van der Waals surface area contributed by atoms with Crippen LogP contribution in [0.15, 0.2) is 53.4 Å². The fourth-order valence-corrected chi connectivity index (χ4v) is 3.92. The van der Waals surface area contributed by atoms with Crippen molar-refractivity contribution in [2.24, 2.45) is 0 Å². The van der Waals surface area contributed by atoms with Gasteiger partial charge < -0.3 is 10.1 Å². The molecule has 27 heavy (non-hydrogen) atoms. The predicted molar refractivity (Wildman–Crippen MR) is 105 cm³/mol. The van der Waals surface area contributed by atoms with Gasteiger partial charge in [0.15, 0.2) is 6.61 Å². The first-order valence-electron chi connectivity index (χ1n) is 8.79. The lowest BCUT2D eigenvalue weighted by Gasteiger charge is -2.16. The van der Waals surface area contributed by atoms with Crippen molar-refractivity contribution in [1.82, 2.24) is 10.0 Å². The van der Waals surface area contributed by atoms with Crippen LogP contribution in [0.1, 0.15) is 37.9 Å². The topological polar surface area (TPSA) is 84.5 Å². The first-order chi connectivity index (χ1) is 12.7. The molecule has 7 heteroatoms. The van der Waals surface area contributed by atoms with Crippen LogP contribution in [0.25, 0.3) is 0 Å². The number of ether oxygens (including phenoxy) is 1. The van der Waals surface area contributed by atoms with Crippen molar-refractivity contribution in [3.63, 3.8) is 0 Å². The Morgan fingerprint density at radius 2 is 1.74 bits per heavy atom. The molecule has 0 saturated heterocycles. The van der Waals surface area contributed by atoms with E-state index in [0.717, 1.165) is 5.56 Å². The normalized spacial score (nSPS) is 12.6. The van der Waals surface area contributed by atoms with E-state index in [1.165, 1.54) is 12.1 Å². The molecule has 2 aromatic rings. The molecule has 0 aromatic heterocycles. The van der Waals surface area contributed by atoms with Gasteiger partial charge in [0.25, 0.3) is 5.91 Å². The lowest BCUT2D eigenvalue weighted by Crippen LogP contribution is -2.31. The molecule has 0 aliphatic rings. The zero-order chi connectivity index (χ0) is 20.0. The fraction of sp³-hybridized carbons (Fsp3) is 0.350. The molecular formula is C20H26N2O4S. The van der Waals surface area contributed by atoms with Crippen molar-refractivity contribution in [2.45, 2.75) is 44.7 Å². The highest BCUT2D eigenvalue weighted by molar-refractivity contribution is 7.89. The molecule has 2 N–H and O–H groups in total. The summed E-state index contributed by atoms with van der Waals surface area (Å²) in [6.07, 6.45) is 0. The van der Waals surface area contributed by atoms with E-state index < -0.39 is 10.0 Å². The summed E-state index contributed by atoms with van der Waals surface area (Å²) in [4.78, 5) is 12.3. The summed E-state index contributed by atoms with van der Waals surface area (Å²) in [5.41, 5.74) is 1.65. The minimum absolute atomic E-state index is 0.127. The Morgan fingerprint density at radius 3 is 2.33 bits per heavy atom. The van der Waals surface area contributed by atoms with Gasteiger partial charge >= 0.3 is 0 Å². The number of carbonyl (C=O) groups excluding carboxylic acids is 1. The van der Waals surface area contributed by atoms with E-state index in [9.17, 15) is 13.2 Å². The van der Waals surface area contributed by atoms with Gasteiger partial charge in [-0.2, -0.15) is 0 Å². The molecule has 0 aliphatic heterocycles. The van der Waals surface area contributed by atoms with Gasteiger partial charge in [0, 0.05) is 6.04 Å². The molecule has 2 aromatic carbocycles. The number of amides is 1. The second-order valence-corrected chi connectivity index (χ2v) is 8.41. The van der Waals surface area contributed by atoms with Crippen LogP contribution in [0.5, 0.6) is 5.75 Å². The van der Waals surface area contributed by atoms with E-state index in [1.807, 2.05) is 37.3 Å². The third-order valence-electron chi connectivity index (χ3n) is 3.88. The predicted octanol–water partition coefficient (Wildman–Crippen LogP) is 2.94. The summed E-state index contributed by atoms with van der Waals surface area (Å²) in [6, 6.07) is 13.9. The SMILES string of the molecule is Cc1cc(S(=O)(=O)NC(C)C)ccc1OCC(=O)N[C@H](C)c1ccccc1. The lowest BCUT2D eigenvalue weighted by molar-refractivity contribution is -0.123. The molecule has 1 atom stereocenters. The Morgan fingerprint density at radius 1 is 1.07 bits per heavy atom. The van der Waals surface area contributed by atoms with E-state index in [4.69, 9.17) is 4.74 Å². The Bertz CT molecular complexity index is 880. The van der Waals surface area contributed by atoms with Gasteiger partial charge in [0.1, 0.15) is 5.75 Å². The number of hydrogen-bond acceptors (Lipinski definition) is 4. The zero-order valence-corrected chi connectivity index (χ0v) is 16.8. The van der Waals surface area contributed by atoms with Gasteiger partial charge in [0.2, 0.25) is 10.0 Å². The van der Waals surface area contributed by atoms with E-state index in [1.54, 1.807) is 26.8 Å². The van der Waals surface area contributed by atoms with Crippen LogP contribution in [-0.2, 0) is 14.8 Å². The smallest absolute Gasteiger partial charge is 0.258 e. The van der Waals surface area contributed by atoms with Gasteiger partial charge in [-0.3, -0.25) is 4.79 Å². The van der Waals surface area contributed by atoms with Crippen molar-refractivity contribution < 1.29 is 17.9 Å². The van der Waals surface area contributed by atoms with Gasteiger partial charge in [-0.25, -0.2) is 13.1 Å². The molecule has 0 saturated carbocycles. The Balaban J connectivity index is 1.97. The third kappa shape index (κ3) is 6.08. The molecule has 0 fully saturated rings. The Hall–Kier alpha value is -2.38. The average molecular weight is 391 g/mol. The fourth-order valence-electron chi connectivity index (χ4n) is 2.58. The molecule has 0 radical (unpaired) electrons. The number of sulfonamides is 1. The highest BCUT2D eigenvalue weighted by atomic mass is 32.2. The largest absolute Gasteiger partial charge is 0.484 e. The van der Waals surface area contributed by atoms with Crippen LogP contribution in [0.4, 0.5) is 0 Å². The van der Waals surface area contributed by atoms with Gasteiger partial charge in [-0.15, -0.1) is 0 Å². The van der Waals surface area contributed by atoms with Crippen molar-refractivity contribution in [3.05, 3.63) is 59.7 Å². The van der Waals surface area contributed by atoms with E-state index in [-0.39, 0.29) is 29.5 Å². The maximum absolute atomic E-state index is 12.2. The monoisotopic (exact) mass is 390 g/mol. The number of carbonyl (C=O) groups is 1. The Labute approximate surface area is 161 Å². The average Bonchev–Trinajstić information content (AvgIpc) is 2.60. The highest BCUT2D eigenvalue weighted by Gasteiger charge is 2.17. The van der Waals surface area contributed by atoms with Crippen LogP contribution in [-0.4, -0.2) is 27.0 Å². The Kier molecular flexibility index (Phi) is 6.98. The van der Waals surface area contributed by atoms with E-state index in [0.29, 0.717) is 11.3 Å². The number of nitrogens with one attached hydrogen (secondary N) is 2. The standard InChI is InChI=1S/C20H26N2O4S/c1-14(2)22-27(24,25)18-10-11-19(15(3)12-18)26-13-20(23)21-16(4)17-8-6-5-7-9-17/h5-12,14,16,22H,13H2,1-4H3,(H,21,23)/t16-/m1/s1. The van der Waals surface area contributed by atoms with Crippen molar-refractivity contribution in [3.8, 4) is 5.75 Å². The van der Waals surface area contributed by atoms with Crippen molar-refractivity contribution >= 4 is 15.9 Å². The summed E-state index contributed by atoms with van der Waals surface area (Å²) in [5, 5.41) is 2.87. The number of aryl methyl sites for hydroxylation is 1. The van der Waals surface area contributed by atoms with Crippen LogP contribution in [0.3, 0.4) is 0 Å². The number of hydrogen-bond donors (Lipinski definition) is 2. The second kappa shape index (κ2) is 9.01. The number of rotatable bonds is 8. The maximum atomic E-state index is 12.2. The molecule has 6 nitrogen and oxygen atoms in total. The molecule has 146 valence electrons. The van der Waals surface area contributed by atoms with Crippen molar-refractivity contribution in [1.29, 1.82) is 0 Å². The van der Waals surface area contributed by atoms with Crippen LogP contribution in [0.2, 0.25) is 0 Å². The molecule has 2 rings (SSSR count). The van der Waals surface area contributed by atoms with E-state index in [2.05, 4.69) is 10.0 Å². The summed E-state index contributed by atoms with van der Waals surface area (Å²) in [7, 11) is -3.56. The molecule has 0 unspecified atom stereocenters. The maximum Gasteiger partial charge on any atom is 0.258 e. The van der Waals surface area contributed by atoms with Crippen LogP contribution >= 0.6 is 0 Å². The number of benzene rings is 2. The van der Waals surface area contributed by atoms with Crippen molar-refractivity contribution in [2.75, 3.05) is 6.61 Å². The minimum Gasteiger partial charge on any atom is -0.484 e. The summed E-state index contributed by atoms with van der Waals surface area (Å²) < 4.78 is 32.5. The first kappa shape index (κ1) is 20.9. The first-order valence-corrected chi connectivity index (χ1v) is 10.3. The quantitative estimate of drug-likeness (QED) is 0.726. The molecule has 0 heterocycles. The van der Waals surface area contributed by atoms with Gasteiger partial charge in [0.05, 0.1) is 10.9 Å². The lowest BCUT2D eigenvalue weighted by atomic mass is 10.1. The second-order valence-electron chi connectivity index (χ2n) is 6.69. The van der Waals surface area contributed by atoms with Gasteiger partial charge in [-0.05, 0) is 57.0 Å². The van der Waals surface area contributed by atoms with E-state index >= 15 is 0 Å². The molecule has 1 amide bonds. The summed E-state index contributed by atoms with van der Waals surface area (Å²) in [6.45, 7) is 7.02. The third-order valence-corrected chi connectivity index (χ3v) is 5.54. The molecule has 0 aliphatic carbocycles. The molecular weight excluding hydrogens is 364 g/mol. The summed E-state index contributed by atoms with van der Waals surface area (Å²) in [5.74, 6) is 0.227. The van der Waals surface area contributed by atoms with Crippen LogP contribution < -0.4 is 14.8 Å². The summed E-state index contributed by atoms with van der Waals surface area (Å²) >= 11 is 0. The van der Waals surface area contributed by atoms with Gasteiger partial charge in [-0.1, -0.05) is 30.3 Å². The minimum atomic E-state index is -3.56. The zero-order valence-electron chi connectivity index (χ0n) is 16.0.